The lowest BCUT2D eigenvalue weighted by Gasteiger charge is -2.23. The number of nitrogen functional groups attached to an aromatic ring is 1. The van der Waals surface area contributed by atoms with Gasteiger partial charge in [0.1, 0.15) is 5.82 Å². The van der Waals surface area contributed by atoms with E-state index in [1.807, 2.05) is 11.0 Å². The lowest BCUT2D eigenvalue weighted by atomic mass is 10.0. The predicted molar refractivity (Wildman–Crippen MR) is 83.7 cm³/mol. The van der Waals surface area contributed by atoms with Crippen molar-refractivity contribution in [1.82, 2.24) is 14.9 Å². The molecule has 3 heterocycles. The molecule has 7 heteroatoms. The first-order valence-corrected chi connectivity index (χ1v) is 7.86. The van der Waals surface area contributed by atoms with Gasteiger partial charge in [-0.1, -0.05) is 0 Å². The van der Waals surface area contributed by atoms with Crippen LogP contribution in [0.4, 0.5) is 11.8 Å². The maximum atomic E-state index is 11.5. The second kappa shape index (κ2) is 6.48. The number of nitrogens with zero attached hydrogens (tertiary/aromatic N) is 4. The largest absolute Gasteiger partial charge is 0.381 e. The molecule has 2 N–H and O–H groups in total. The molecule has 3 rings (SSSR count). The van der Waals surface area contributed by atoms with E-state index in [1.54, 1.807) is 6.92 Å². The second-order valence-corrected chi connectivity index (χ2v) is 5.92. The first kappa shape index (κ1) is 15.0. The molecule has 0 spiro atoms. The highest BCUT2D eigenvalue weighted by Gasteiger charge is 2.23. The molecule has 0 aliphatic carbocycles. The highest BCUT2D eigenvalue weighted by molar-refractivity contribution is 5.73. The van der Waals surface area contributed by atoms with Gasteiger partial charge >= 0.3 is 0 Å². The summed E-state index contributed by atoms with van der Waals surface area (Å²) in [5.41, 5.74) is 6.86. The van der Waals surface area contributed by atoms with Crippen molar-refractivity contribution in [2.75, 3.05) is 50.0 Å². The number of hydrogen-bond donors (Lipinski definition) is 1. The molecule has 1 aromatic heterocycles. The van der Waals surface area contributed by atoms with Crippen molar-refractivity contribution in [3.8, 4) is 0 Å². The maximum absolute atomic E-state index is 11.5. The van der Waals surface area contributed by atoms with Gasteiger partial charge in [-0.05, 0) is 12.8 Å². The Labute approximate surface area is 130 Å². The molecule has 0 saturated carbocycles. The van der Waals surface area contributed by atoms with Gasteiger partial charge in [0.2, 0.25) is 11.9 Å². The van der Waals surface area contributed by atoms with Crippen LogP contribution in [0.2, 0.25) is 0 Å². The number of nitrogens with two attached hydrogens (primary N) is 1. The molecule has 1 atom stereocenters. The smallest absolute Gasteiger partial charge is 0.222 e. The van der Waals surface area contributed by atoms with Crippen molar-refractivity contribution in [1.29, 1.82) is 0 Å². The number of carbonyl (C=O) groups excluding carboxylic acids is 1. The summed E-state index contributed by atoms with van der Waals surface area (Å²) in [5, 5.41) is 0. The zero-order chi connectivity index (χ0) is 15.5. The SMILES string of the molecule is CC(=O)N1CCCN(c2cc([C@H]3CCOC3)nc(N)n2)CC1. The Morgan fingerprint density at radius 2 is 2.18 bits per heavy atom. The van der Waals surface area contributed by atoms with Gasteiger partial charge in [0, 0.05) is 51.7 Å². The molecule has 1 aromatic rings. The van der Waals surface area contributed by atoms with Crippen LogP contribution in [0, 0.1) is 0 Å². The van der Waals surface area contributed by atoms with Crippen LogP contribution in [0.15, 0.2) is 6.07 Å². The summed E-state index contributed by atoms with van der Waals surface area (Å²) >= 11 is 0. The Hall–Kier alpha value is -1.89. The average Bonchev–Trinajstić information content (AvgIpc) is 2.90. The van der Waals surface area contributed by atoms with E-state index in [4.69, 9.17) is 10.5 Å². The molecular weight excluding hydrogens is 282 g/mol. The van der Waals surface area contributed by atoms with E-state index in [9.17, 15) is 4.79 Å². The summed E-state index contributed by atoms with van der Waals surface area (Å²) < 4.78 is 5.44. The number of rotatable bonds is 2. The lowest BCUT2D eigenvalue weighted by Crippen LogP contribution is -2.34. The topological polar surface area (TPSA) is 84.6 Å². The quantitative estimate of drug-likeness (QED) is 0.862. The van der Waals surface area contributed by atoms with E-state index in [0.717, 1.165) is 57.1 Å². The fraction of sp³-hybridized carbons (Fsp3) is 0.667. The standard InChI is InChI=1S/C15H23N5O2/c1-11(21)19-4-2-5-20(7-6-19)14-9-13(17-15(16)18-14)12-3-8-22-10-12/h9,12H,2-8,10H2,1H3,(H2,16,17,18)/t12-/m0/s1. The van der Waals surface area contributed by atoms with Crippen molar-refractivity contribution in [3.05, 3.63) is 11.8 Å². The summed E-state index contributed by atoms with van der Waals surface area (Å²) in [5.74, 6) is 1.62. The number of amides is 1. The van der Waals surface area contributed by atoms with Crippen LogP contribution in [0.3, 0.4) is 0 Å². The zero-order valence-corrected chi connectivity index (χ0v) is 13.0. The van der Waals surface area contributed by atoms with Crippen LogP contribution in [-0.4, -0.2) is 60.2 Å². The van der Waals surface area contributed by atoms with Crippen LogP contribution in [0.5, 0.6) is 0 Å². The number of hydrogen-bond acceptors (Lipinski definition) is 6. The lowest BCUT2D eigenvalue weighted by molar-refractivity contribution is -0.128. The molecule has 1 amide bonds. The normalized spacial score (nSPS) is 22.7. The van der Waals surface area contributed by atoms with Gasteiger partial charge in [0.05, 0.1) is 12.3 Å². The van der Waals surface area contributed by atoms with Crippen molar-refractivity contribution in [2.45, 2.75) is 25.7 Å². The minimum absolute atomic E-state index is 0.132. The van der Waals surface area contributed by atoms with E-state index in [-0.39, 0.29) is 5.91 Å². The Balaban J connectivity index is 1.77. The Kier molecular flexibility index (Phi) is 4.42. The Bertz CT molecular complexity index is 545. The molecule has 2 aliphatic rings. The van der Waals surface area contributed by atoms with Crippen molar-refractivity contribution < 1.29 is 9.53 Å². The van der Waals surface area contributed by atoms with Crippen LogP contribution in [0.1, 0.15) is 31.4 Å². The van der Waals surface area contributed by atoms with Gasteiger partial charge in [0.25, 0.3) is 0 Å². The summed E-state index contributed by atoms with van der Waals surface area (Å²) in [4.78, 5) is 24.4. The van der Waals surface area contributed by atoms with Gasteiger partial charge in [-0.15, -0.1) is 0 Å². The minimum atomic E-state index is 0.132. The van der Waals surface area contributed by atoms with E-state index < -0.39 is 0 Å². The number of aromatic nitrogens is 2. The van der Waals surface area contributed by atoms with Gasteiger partial charge in [0.15, 0.2) is 0 Å². The van der Waals surface area contributed by atoms with E-state index in [2.05, 4.69) is 14.9 Å². The molecule has 0 radical (unpaired) electrons. The molecule has 22 heavy (non-hydrogen) atoms. The zero-order valence-electron chi connectivity index (χ0n) is 13.0. The van der Waals surface area contributed by atoms with E-state index in [0.29, 0.717) is 18.5 Å². The van der Waals surface area contributed by atoms with Crippen LogP contribution in [-0.2, 0) is 9.53 Å². The minimum Gasteiger partial charge on any atom is -0.381 e. The Morgan fingerprint density at radius 1 is 1.32 bits per heavy atom. The van der Waals surface area contributed by atoms with Gasteiger partial charge in [-0.3, -0.25) is 4.79 Å². The van der Waals surface area contributed by atoms with Gasteiger partial charge in [-0.25, -0.2) is 4.98 Å². The summed E-state index contributed by atoms with van der Waals surface area (Å²) in [7, 11) is 0. The second-order valence-electron chi connectivity index (χ2n) is 5.92. The first-order valence-electron chi connectivity index (χ1n) is 7.86. The number of ether oxygens (including phenoxy) is 1. The van der Waals surface area contributed by atoms with Crippen LogP contribution < -0.4 is 10.6 Å². The maximum Gasteiger partial charge on any atom is 0.222 e. The fourth-order valence-corrected chi connectivity index (χ4v) is 3.07. The number of anilines is 2. The molecule has 7 nitrogen and oxygen atoms in total. The Morgan fingerprint density at radius 3 is 2.91 bits per heavy atom. The molecule has 0 aromatic carbocycles. The van der Waals surface area contributed by atoms with Crippen LogP contribution >= 0.6 is 0 Å². The third-order valence-corrected chi connectivity index (χ3v) is 4.36. The molecule has 0 unspecified atom stereocenters. The predicted octanol–water partition coefficient (Wildman–Crippen LogP) is 0.621. The van der Waals surface area contributed by atoms with E-state index >= 15 is 0 Å². The molecular formula is C15H23N5O2. The summed E-state index contributed by atoms with van der Waals surface area (Å²) in [6, 6.07) is 2.03. The van der Waals surface area contributed by atoms with Crippen molar-refractivity contribution in [3.63, 3.8) is 0 Å². The van der Waals surface area contributed by atoms with E-state index in [1.165, 1.54) is 0 Å². The van der Waals surface area contributed by atoms with Crippen molar-refractivity contribution in [2.24, 2.45) is 0 Å². The van der Waals surface area contributed by atoms with Gasteiger partial charge in [-0.2, -0.15) is 4.98 Å². The highest BCUT2D eigenvalue weighted by atomic mass is 16.5. The molecule has 0 bridgehead atoms. The first-order chi connectivity index (χ1) is 10.6. The van der Waals surface area contributed by atoms with Crippen molar-refractivity contribution >= 4 is 17.7 Å². The molecule has 120 valence electrons. The summed E-state index contributed by atoms with van der Waals surface area (Å²) in [6.07, 6.45) is 1.92. The van der Waals surface area contributed by atoms with Crippen LogP contribution in [0.25, 0.3) is 0 Å². The monoisotopic (exact) mass is 305 g/mol. The number of carbonyl (C=O) groups is 1. The fourth-order valence-electron chi connectivity index (χ4n) is 3.07. The highest BCUT2D eigenvalue weighted by Crippen LogP contribution is 2.27. The molecule has 2 saturated heterocycles. The average molecular weight is 305 g/mol. The molecule has 2 fully saturated rings. The summed E-state index contributed by atoms with van der Waals surface area (Å²) in [6.45, 7) is 6.28. The molecule has 2 aliphatic heterocycles. The van der Waals surface area contributed by atoms with Gasteiger partial charge < -0.3 is 20.3 Å². The third-order valence-electron chi connectivity index (χ3n) is 4.36. The third kappa shape index (κ3) is 3.30.